The highest BCUT2D eigenvalue weighted by atomic mass is 32.1. The number of para-hydroxylation sites is 2. The highest BCUT2D eigenvalue weighted by Gasteiger charge is 2.25. The molecule has 4 rings (SSSR count). The summed E-state index contributed by atoms with van der Waals surface area (Å²) in [6.07, 6.45) is 4.30. The zero-order valence-electron chi connectivity index (χ0n) is 16.5. The van der Waals surface area contributed by atoms with E-state index in [1.54, 1.807) is 17.5 Å². The van der Waals surface area contributed by atoms with Crippen LogP contribution in [0.25, 0.3) is 0 Å². The largest absolute Gasteiger partial charge is 0.492 e. The lowest BCUT2D eigenvalue weighted by molar-refractivity contribution is 0.0751. The van der Waals surface area contributed by atoms with E-state index in [0.717, 1.165) is 67.1 Å². The lowest BCUT2D eigenvalue weighted by Gasteiger charge is -2.36. The van der Waals surface area contributed by atoms with Crippen LogP contribution < -0.4 is 9.64 Å². The van der Waals surface area contributed by atoms with E-state index in [2.05, 4.69) is 20.9 Å². The molecule has 0 radical (unpaired) electrons. The SMILES string of the molecule is CCOc1ccccc1N1CCN(C(=O)c2cnc(CN3CCCC3)s2)CC1. The number of hydrogen-bond acceptors (Lipinski definition) is 6. The molecule has 2 fully saturated rings. The fraction of sp³-hybridized carbons (Fsp3) is 0.524. The van der Waals surface area contributed by atoms with E-state index < -0.39 is 0 Å². The van der Waals surface area contributed by atoms with Crippen molar-refractivity contribution in [1.29, 1.82) is 0 Å². The first-order valence-corrected chi connectivity index (χ1v) is 11.0. The van der Waals surface area contributed by atoms with E-state index in [0.29, 0.717) is 6.61 Å². The van der Waals surface area contributed by atoms with Gasteiger partial charge in [-0.05, 0) is 45.0 Å². The molecule has 150 valence electrons. The molecule has 0 atom stereocenters. The maximum atomic E-state index is 12.9. The number of carbonyl (C=O) groups is 1. The average Bonchev–Trinajstić information content (AvgIpc) is 3.41. The number of piperazine rings is 1. The van der Waals surface area contributed by atoms with Gasteiger partial charge in [-0.2, -0.15) is 0 Å². The fourth-order valence-electron chi connectivity index (χ4n) is 3.92. The summed E-state index contributed by atoms with van der Waals surface area (Å²) in [5.41, 5.74) is 1.11. The molecule has 28 heavy (non-hydrogen) atoms. The zero-order valence-corrected chi connectivity index (χ0v) is 17.3. The summed E-state index contributed by atoms with van der Waals surface area (Å²) in [5.74, 6) is 1.03. The predicted molar refractivity (Wildman–Crippen MR) is 112 cm³/mol. The average molecular weight is 401 g/mol. The van der Waals surface area contributed by atoms with E-state index >= 15 is 0 Å². The molecule has 7 heteroatoms. The second-order valence-corrected chi connectivity index (χ2v) is 8.40. The van der Waals surface area contributed by atoms with Gasteiger partial charge in [-0.3, -0.25) is 9.69 Å². The normalized spacial score (nSPS) is 17.9. The van der Waals surface area contributed by atoms with Crippen molar-refractivity contribution in [3.05, 3.63) is 40.3 Å². The highest BCUT2D eigenvalue weighted by Crippen LogP contribution is 2.29. The van der Waals surface area contributed by atoms with E-state index in [4.69, 9.17) is 4.74 Å². The van der Waals surface area contributed by atoms with Crippen LogP contribution in [-0.4, -0.2) is 66.6 Å². The summed E-state index contributed by atoms with van der Waals surface area (Å²) in [7, 11) is 0. The molecule has 0 saturated carbocycles. The van der Waals surface area contributed by atoms with Gasteiger partial charge in [-0.15, -0.1) is 11.3 Å². The maximum Gasteiger partial charge on any atom is 0.265 e. The molecule has 0 aliphatic carbocycles. The number of amides is 1. The van der Waals surface area contributed by atoms with E-state index in [1.165, 1.54) is 12.8 Å². The Morgan fingerprint density at radius 2 is 1.86 bits per heavy atom. The Morgan fingerprint density at radius 3 is 2.61 bits per heavy atom. The summed E-state index contributed by atoms with van der Waals surface area (Å²) >= 11 is 1.55. The Kier molecular flexibility index (Phi) is 6.12. The number of rotatable bonds is 6. The van der Waals surface area contributed by atoms with Crippen molar-refractivity contribution < 1.29 is 9.53 Å². The lowest BCUT2D eigenvalue weighted by atomic mass is 10.2. The van der Waals surface area contributed by atoms with Gasteiger partial charge in [0, 0.05) is 26.2 Å². The third-order valence-corrected chi connectivity index (χ3v) is 6.36. The summed E-state index contributed by atoms with van der Waals surface area (Å²) < 4.78 is 5.76. The molecule has 3 heterocycles. The Hall–Kier alpha value is -2.12. The molecule has 1 aromatic heterocycles. The van der Waals surface area contributed by atoms with Crippen LogP contribution in [0.5, 0.6) is 5.75 Å². The van der Waals surface area contributed by atoms with Gasteiger partial charge in [-0.1, -0.05) is 12.1 Å². The van der Waals surface area contributed by atoms with Gasteiger partial charge in [0.1, 0.15) is 15.6 Å². The van der Waals surface area contributed by atoms with Crippen molar-refractivity contribution >= 4 is 22.9 Å². The summed E-state index contributed by atoms with van der Waals surface area (Å²) in [4.78, 5) is 24.8. The number of benzene rings is 1. The van der Waals surface area contributed by atoms with Gasteiger partial charge in [0.15, 0.2) is 0 Å². The zero-order chi connectivity index (χ0) is 19.3. The van der Waals surface area contributed by atoms with Crippen LogP contribution in [0.4, 0.5) is 5.69 Å². The minimum absolute atomic E-state index is 0.114. The first-order chi connectivity index (χ1) is 13.7. The van der Waals surface area contributed by atoms with E-state index in [-0.39, 0.29) is 5.91 Å². The number of likely N-dealkylation sites (tertiary alicyclic amines) is 1. The maximum absolute atomic E-state index is 12.9. The number of hydrogen-bond donors (Lipinski definition) is 0. The van der Waals surface area contributed by atoms with Crippen molar-refractivity contribution in [2.75, 3.05) is 50.8 Å². The molecule has 1 amide bonds. The third-order valence-electron chi connectivity index (χ3n) is 5.39. The Morgan fingerprint density at radius 1 is 1.11 bits per heavy atom. The Bertz CT molecular complexity index is 795. The van der Waals surface area contributed by atoms with Gasteiger partial charge in [0.05, 0.1) is 25.0 Å². The number of nitrogens with zero attached hydrogens (tertiary/aromatic N) is 4. The minimum Gasteiger partial charge on any atom is -0.492 e. The fourth-order valence-corrected chi connectivity index (χ4v) is 4.84. The van der Waals surface area contributed by atoms with E-state index in [9.17, 15) is 4.79 Å². The first-order valence-electron chi connectivity index (χ1n) is 10.2. The molecule has 0 bridgehead atoms. The molecule has 2 aliphatic rings. The third kappa shape index (κ3) is 4.31. The molecule has 6 nitrogen and oxygen atoms in total. The van der Waals surface area contributed by atoms with Crippen molar-refractivity contribution in [2.24, 2.45) is 0 Å². The highest BCUT2D eigenvalue weighted by molar-refractivity contribution is 7.13. The molecule has 0 spiro atoms. The van der Waals surface area contributed by atoms with Crippen LogP contribution in [0.2, 0.25) is 0 Å². The van der Waals surface area contributed by atoms with Crippen molar-refractivity contribution in [3.63, 3.8) is 0 Å². The monoisotopic (exact) mass is 400 g/mol. The quantitative estimate of drug-likeness (QED) is 0.746. The first kappa shape index (κ1) is 19.2. The summed E-state index contributed by atoms with van der Waals surface area (Å²) in [6.45, 7) is 8.89. The summed E-state index contributed by atoms with van der Waals surface area (Å²) in [6, 6.07) is 8.14. The number of thiazole rings is 1. The van der Waals surface area contributed by atoms with Crippen LogP contribution in [0.1, 0.15) is 34.4 Å². The second-order valence-electron chi connectivity index (χ2n) is 7.28. The molecule has 0 unspecified atom stereocenters. The number of anilines is 1. The standard InChI is InChI=1S/C21H28N4O2S/c1-2-27-18-8-4-3-7-17(18)24-11-13-25(14-12-24)21(26)19-15-22-20(28-19)16-23-9-5-6-10-23/h3-4,7-8,15H,2,5-6,9-14,16H2,1H3. The van der Waals surface area contributed by atoms with Crippen molar-refractivity contribution in [2.45, 2.75) is 26.3 Å². The molecular weight excluding hydrogens is 372 g/mol. The Balaban J connectivity index is 1.35. The molecule has 1 aromatic carbocycles. The van der Waals surface area contributed by atoms with Crippen LogP contribution in [0.15, 0.2) is 30.5 Å². The molecular formula is C21H28N4O2S. The molecule has 2 aliphatic heterocycles. The van der Waals surface area contributed by atoms with E-state index in [1.807, 2.05) is 30.0 Å². The number of ether oxygens (including phenoxy) is 1. The van der Waals surface area contributed by atoms with Gasteiger partial charge >= 0.3 is 0 Å². The molecule has 0 N–H and O–H groups in total. The smallest absolute Gasteiger partial charge is 0.265 e. The number of carbonyl (C=O) groups excluding carboxylic acids is 1. The minimum atomic E-state index is 0.114. The van der Waals surface area contributed by atoms with Crippen LogP contribution >= 0.6 is 11.3 Å². The topological polar surface area (TPSA) is 48.9 Å². The van der Waals surface area contributed by atoms with Crippen LogP contribution in [-0.2, 0) is 6.54 Å². The van der Waals surface area contributed by atoms with Crippen molar-refractivity contribution in [1.82, 2.24) is 14.8 Å². The van der Waals surface area contributed by atoms with Gasteiger partial charge < -0.3 is 14.5 Å². The number of aromatic nitrogens is 1. The molecule has 2 saturated heterocycles. The van der Waals surface area contributed by atoms with Crippen molar-refractivity contribution in [3.8, 4) is 5.75 Å². The summed E-state index contributed by atoms with van der Waals surface area (Å²) in [5, 5.41) is 1.05. The Labute approximate surface area is 170 Å². The van der Waals surface area contributed by atoms with Gasteiger partial charge in [0.2, 0.25) is 0 Å². The van der Waals surface area contributed by atoms with Gasteiger partial charge in [-0.25, -0.2) is 4.98 Å². The van der Waals surface area contributed by atoms with Gasteiger partial charge in [0.25, 0.3) is 5.91 Å². The predicted octanol–water partition coefficient (Wildman–Crippen LogP) is 3.10. The molecule has 2 aromatic rings. The lowest BCUT2D eigenvalue weighted by Crippen LogP contribution is -2.48. The second kappa shape index (κ2) is 8.92. The van der Waals surface area contributed by atoms with Crippen LogP contribution in [0.3, 0.4) is 0 Å². The van der Waals surface area contributed by atoms with Crippen LogP contribution in [0, 0.1) is 0 Å².